The van der Waals surface area contributed by atoms with Gasteiger partial charge in [0, 0.05) is 18.4 Å². The third-order valence-corrected chi connectivity index (χ3v) is 6.82. The Morgan fingerprint density at radius 1 is 0.967 bits per heavy atom. The molecule has 2 aromatic carbocycles. The third-order valence-electron chi connectivity index (χ3n) is 6.82. The van der Waals surface area contributed by atoms with E-state index in [-0.39, 0.29) is 24.5 Å². The van der Waals surface area contributed by atoms with E-state index >= 15 is 0 Å². The molecule has 1 aliphatic carbocycles. The Hall–Kier alpha value is -2.04. The van der Waals surface area contributed by atoms with Crippen LogP contribution in [0.2, 0.25) is 0 Å². The van der Waals surface area contributed by atoms with Crippen molar-refractivity contribution < 1.29 is 19.7 Å². The smallest absolute Gasteiger partial charge is 0.161 e. The van der Waals surface area contributed by atoms with Crippen LogP contribution in [0.15, 0.2) is 48.5 Å². The lowest BCUT2D eigenvalue weighted by Gasteiger charge is -2.39. The summed E-state index contributed by atoms with van der Waals surface area (Å²) in [7, 11) is 1.66. The molecule has 2 N–H and O–H groups in total. The van der Waals surface area contributed by atoms with E-state index in [0.29, 0.717) is 12.8 Å². The van der Waals surface area contributed by atoms with Crippen LogP contribution in [-0.2, 0) is 0 Å². The van der Waals surface area contributed by atoms with Gasteiger partial charge in [0.2, 0.25) is 0 Å². The van der Waals surface area contributed by atoms with Gasteiger partial charge >= 0.3 is 0 Å². The summed E-state index contributed by atoms with van der Waals surface area (Å²) in [6.07, 6.45) is 5.93. The zero-order chi connectivity index (χ0) is 21.6. The summed E-state index contributed by atoms with van der Waals surface area (Å²) in [6, 6.07) is 16.2. The quantitative estimate of drug-likeness (QED) is 0.555. The number of benzene rings is 2. The molecule has 4 heteroatoms. The summed E-state index contributed by atoms with van der Waals surface area (Å²) in [4.78, 5) is 0. The van der Waals surface area contributed by atoms with Crippen molar-refractivity contribution >= 4 is 0 Å². The fourth-order valence-electron chi connectivity index (χ4n) is 4.84. The average molecular weight is 413 g/mol. The van der Waals surface area contributed by atoms with Crippen molar-refractivity contribution in [1.82, 2.24) is 0 Å². The number of ether oxygens (including phenoxy) is 2. The van der Waals surface area contributed by atoms with Crippen molar-refractivity contribution in [1.29, 1.82) is 0 Å². The number of aliphatic hydroxyl groups excluding tert-OH is 1. The summed E-state index contributed by atoms with van der Waals surface area (Å²) in [5.74, 6) is 0.982. The minimum absolute atomic E-state index is 0.0947. The molecule has 3 rings (SSSR count). The minimum atomic E-state index is -0.957. The van der Waals surface area contributed by atoms with E-state index in [1.807, 2.05) is 50.2 Å². The molecule has 0 saturated heterocycles. The van der Waals surface area contributed by atoms with Gasteiger partial charge in [-0.2, -0.15) is 0 Å². The summed E-state index contributed by atoms with van der Waals surface area (Å²) in [6.45, 7) is 3.87. The van der Waals surface area contributed by atoms with Gasteiger partial charge in [-0.15, -0.1) is 0 Å². The highest BCUT2D eigenvalue weighted by Crippen LogP contribution is 2.43. The lowest BCUT2D eigenvalue weighted by atomic mass is 9.70. The first-order chi connectivity index (χ1) is 14.6. The SMILES string of the molecule is CCC(O)(CC)C(CO)C(c1ccccc1)c1ccc(OC)c(OC2CCCC2)c1. The molecule has 2 aromatic rings. The Morgan fingerprint density at radius 2 is 1.63 bits per heavy atom. The lowest BCUT2D eigenvalue weighted by Crippen LogP contribution is -2.42. The van der Waals surface area contributed by atoms with E-state index in [9.17, 15) is 10.2 Å². The first-order valence-electron chi connectivity index (χ1n) is 11.3. The predicted molar refractivity (Wildman–Crippen MR) is 120 cm³/mol. The Balaban J connectivity index is 2.07. The number of methoxy groups -OCH3 is 1. The summed E-state index contributed by atoms with van der Waals surface area (Å²) >= 11 is 0. The molecule has 164 valence electrons. The van der Waals surface area contributed by atoms with Gasteiger partial charge in [0.15, 0.2) is 11.5 Å². The number of aliphatic hydroxyl groups is 2. The highest BCUT2D eigenvalue weighted by Gasteiger charge is 2.40. The fraction of sp³-hybridized carbons (Fsp3) is 0.538. The van der Waals surface area contributed by atoms with Crippen LogP contribution in [-0.4, -0.2) is 35.6 Å². The number of hydrogen-bond acceptors (Lipinski definition) is 4. The Bertz CT molecular complexity index is 779. The van der Waals surface area contributed by atoms with Gasteiger partial charge in [0.25, 0.3) is 0 Å². The molecule has 0 heterocycles. The molecule has 0 aromatic heterocycles. The first kappa shape index (κ1) is 22.6. The van der Waals surface area contributed by atoms with Crippen LogP contribution in [0, 0.1) is 5.92 Å². The molecule has 0 radical (unpaired) electrons. The molecule has 30 heavy (non-hydrogen) atoms. The molecule has 2 atom stereocenters. The van der Waals surface area contributed by atoms with Crippen LogP contribution >= 0.6 is 0 Å². The van der Waals surface area contributed by atoms with E-state index < -0.39 is 5.60 Å². The molecular formula is C26H36O4. The van der Waals surface area contributed by atoms with Gasteiger partial charge in [0.05, 0.1) is 18.8 Å². The van der Waals surface area contributed by atoms with Gasteiger partial charge in [-0.3, -0.25) is 0 Å². The highest BCUT2D eigenvalue weighted by atomic mass is 16.5. The molecule has 1 aliphatic rings. The van der Waals surface area contributed by atoms with Crippen molar-refractivity contribution in [3.63, 3.8) is 0 Å². The van der Waals surface area contributed by atoms with Crippen LogP contribution in [0.5, 0.6) is 11.5 Å². The van der Waals surface area contributed by atoms with Crippen molar-refractivity contribution in [3.05, 3.63) is 59.7 Å². The van der Waals surface area contributed by atoms with Crippen LogP contribution in [0.1, 0.15) is 69.4 Å². The normalized spacial score (nSPS) is 17.0. The standard InChI is InChI=1S/C26H36O4/c1-4-26(28,5-2)22(18-27)25(19-11-7-6-8-12-19)20-15-16-23(29-3)24(17-20)30-21-13-9-10-14-21/h6-8,11-12,15-17,21-22,25,27-28H,4-5,9-10,13-14,18H2,1-3H3. The van der Waals surface area contributed by atoms with Crippen LogP contribution in [0.4, 0.5) is 0 Å². The molecule has 2 unspecified atom stereocenters. The van der Waals surface area contributed by atoms with Crippen molar-refractivity contribution in [2.24, 2.45) is 5.92 Å². The van der Waals surface area contributed by atoms with E-state index in [4.69, 9.17) is 9.47 Å². The fourth-order valence-corrected chi connectivity index (χ4v) is 4.84. The average Bonchev–Trinajstić information content (AvgIpc) is 3.30. The molecule has 0 aliphatic heterocycles. The molecule has 0 spiro atoms. The maximum Gasteiger partial charge on any atom is 0.161 e. The number of hydrogen-bond donors (Lipinski definition) is 2. The Kier molecular flexibility index (Phi) is 7.79. The second kappa shape index (κ2) is 10.3. The summed E-state index contributed by atoms with van der Waals surface area (Å²) in [5, 5.41) is 21.8. The van der Waals surface area contributed by atoms with Crippen LogP contribution in [0.25, 0.3) is 0 Å². The van der Waals surface area contributed by atoms with Crippen LogP contribution < -0.4 is 9.47 Å². The van der Waals surface area contributed by atoms with Crippen molar-refractivity contribution in [2.45, 2.75) is 70.0 Å². The second-order valence-electron chi connectivity index (χ2n) is 8.42. The van der Waals surface area contributed by atoms with Gasteiger partial charge in [-0.05, 0) is 61.8 Å². The first-order valence-corrected chi connectivity index (χ1v) is 11.3. The molecule has 4 nitrogen and oxygen atoms in total. The maximum atomic E-state index is 11.4. The molecule has 0 bridgehead atoms. The highest BCUT2D eigenvalue weighted by molar-refractivity contribution is 5.47. The molecule has 1 saturated carbocycles. The van der Waals surface area contributed by atoms with Gasteiger partial charge in [-0.1, -0.05) is 50.2 Å². The molecule has 0 amide bonds. The van der Waals surface area contributed by atoms with E-state index in [2.05, 4.69) is 12.1 Å². The monoisotopic (exact) mass is 412 g/mol. The topological polar surface area (TPSA) is 58.9 Å². The van der Waals surface area contributed by atoms with Crippen molar-refractivity contribution in [2.75, 3.05) is 13.7 Å². The van der Waals surface area contributed by atoms with Crippen molar-refractivity contribution in [3.8, 4) is 11.5 Å². The van der Waals surface area contributed by atoms with Gasteiger partial charge in [-0.25, -0.2) is 0 Å². The zero-order valence-corrected chi connectivity index (χ0v) is 18.5. The predicted octanol–water partition coefficient (Wildman–Crippen LogP) is 5.31. The Morgan fingerprint density at radius 3 is 2.20 bits per heavy atom. The minimum Gasteiger partial charge on any atom is -0.493 e. The second-order valence-corrected chi connectivity index (χ2v) is 8.42. The number of rotatable bonds is 10. The lowest BCUT2D eigenvalue weighted by molar-refractivity contribution is -0.0522. The zero-order valence-electron chi connectivity index (χ0n) is 18.5. The van der Waals surface area contributed by atoms with E-state index in [1.165, 1.54) is 12.8 Å². The van der Waals surface area contributed by atoms with Crippen LogP contribution in [0.3, 0.4) is 0 Å². The van der Waals surface area contributed by atoms with E-state index in [0.717, 1.165) is 35.5 Å². The van der Waals surface area contributed by atoms with Gasteiger partial charge < -0.3 is 19.7 Å². The largest absolute Gasteiger partial charge is 0.493 e. The van der Waals surface area contributed by atoms with Gasteiger partial charge in [0.1, 0.15) is 0 Å². The molecule has 1 fully saturated rings. The maximum absolute atomic E-state index is 11.4. The third kappa shape index (κ3) is 4.81. The van der Waals surface area contributed by atoms with E-state index in [1.54, 1.807) is 7.11 Å². The summed E-state index contributed by atoms with van der Waals surface area (Å²) < 4.78 is 11.9. The molecular weight excluding hydrogens is 376 g/mol. The Labute approximate surface area is 180 Å². The summed E-state index contributed by atoms with van der Waals surface area (Å²) in [5.41, 5.74) is 1.14.